The van der Waals surface area contributed by atoms with Crippen molar-refractivity contribution in [2.45, 2.75) is 102 Å². The van der Waals surface area contributed by atoms with Crippen LogP contribution in [0.1, 0.15) is 89.9 Å². The van der Waals surface area contributed by atoms with Crippen LogP contribution in [0, 0.1) is 11.8 Å². The summed E-state index contributed by atoms with van der Waals surface area (Å²) in [6, 6.07) is 1.90. The van der Waals surface area contributed by atoms with Crippen molar-refractivity contribution in [2.24, 2.45) is 11.8 Å². The van der Waals surface area contributed by atoms with Crippen LogP contribution in [-0.2, 0) is 0 Å². The van der Waals surface area contributed by atoms with Crippen molar-refractivity contribution in [2.75, 3.05) is 26.2 Å². The predicted octanol–water partition coefficient (Wildman–Crippen LogP) is 5.08. The Morgan fingerprint density at radius 3 is 1.04 bits per heavy atom. The molecule has 24 heavy (non-hydrogen) atoms. The van der Waals surface area contributed by atoms with Crippen LogP contribution < -0.4 is 0 Å². The minimum Gasteiger partial charge on any atom is -0.300 e. The first-order valence-corrected chi connectivity index (χ1v) is 11.4. The van der Waals surface area contributed by atoms with Crippen molar-refractivity contribution in [3.8, 4) is 0 Å². The summed E-state index contributed by atoms with van der Waals surface area (Å²) in [4.78, 5) is 5.74. The van der Waals surface area contributed by atoms with Gasteiger partial charge < -0.3 is 9.80 Å². The molecule has 0 spiro atoms. The van der Waals surface area contributed by atoms with E-state index in [1.54, 1.807) is 0 Å². The van der Waals surface area contributed by atoms with E-state index in [0.717, 1.165) is 23.9 Å². The summed E-state index contributed by atoms with van der Waals surface area (Å²) in [6.07, 6.45) is 20.9. The average Bonchev–Trinajstić information content (AvgIpc) is 2.70. The van der Waals surface area contributed by atoms with Gasteiger partial charge in [-0.25, -0.2) is 0 Å². The molecule has 0 aromatic rings. The van der Waals surface area contributed by atoms with Crippen molar-refractivity contribution >= 4 is 0 Å². The second-order valence-electron chi connectivity index (χ2n) is 9.33. The van der Waals surface area contributed by atoms with Crippen molar-refractivity contribution in [3.05, 3.63) is 0 Å². The zero-order valence-corrected chi connectivity index (χ0v) is 15.9. The largest absolute Gasteiger partial charge is 0.300 e. The molecule has 2 aliphatic carbocycles. The van der Waals surface area contributed by atoms with Crippen molar-refractivity contribution < 1.29 is 0 Å². The van der Waals surface area contributed by atoms with Gasteiger partial charge in [-0.3, -0.25) is 0 Å². The molecule has 0 aromatic heterocycles. The molecule has 2 heteroatoms. The van der Waals surface area contributed by atoms with E-state index >= 15 is 0 Å². The molecule has 0 amide bonds. The monoisotopic (exact) mass is 332 g/mol. The lowest BCUT2D eigenvalue weighted by Gasteiger charge is -2.45. The first-order valence-electron chi connectivity index (χ1n) is 11.4. The highest BCUT2D eigenvalue weighted by atomic mass is 15.2. The van der Waals surface area contributed by atoms with E-state index < -0.39 is 0 Å². The maximum atomic E-state index is 2.87. The zero-order valence-electron chi connectivity index (χ0n) is 15.9. The van der Waals surface area contributed by atoms with Gasteiger partial charge in [-0.2, -0.15) is 0 Å². The van der Waals surface area contributed by atoms with Gasteiger partial charge in [0.05, 0.1) is 0 Å². The molecule has 0 aromatic carbocycles. The van der Waals surface area contributed by atoms with Crippen LogP contribution in [0.2, 0.25) is 0 Å². The molecule has 2 aliphatic heterocycles. The lowest BCUT2D eigenvalue weighted by Crippen LogP contribution is -2.46. The van der Waals surface area contributed by atoms with Gasteiger partial charge in [-0.1, -0.05) is 38.5 Å². The molecule has 0 radical (unpaired) electrons. The molecule has 4 aliphatic rings. The van der Waals surface area contributed by atoms with Crippen LogP contribution in [0.25, 0.3) is 0 Å². The highest BCUT2D eigenvalue weighted by Crippen LogP contribution is 2.36. The van der Waals surface area contributed by atoms with Crippen LogP contribution in [0.15, 0.2) is 0 Å². The molecule has 2 saturated carbocycles. The molecular weight excluding hydrogens is 292 g/mol. The van der Waals surface area contributed by atoms with Gasteiger partial charge in [0.25, 0.3) is 0 Å². The van der Waals surface area contributed by atoms with Gasteiger partial charge in [0, 0.05) is 12.1 Å². The Labute approximate surface area is 150 Å². The van der Waals surface area contributed by atoms with Gasteiger partial charge in [0.15, 0.2) is 0 Å². The first kappa shape index (κ1) is 17.3. The van der Waals surface area contributed by atoms with Crippen LogP contribution in [0.3, 0.4) is 0 Å². The third kappa shape index (κ3) is 4.18. The van der Waals surface area contributed by atoms with Gasteiger partial charge in [-0.05, 0) is 89.4 Å². The lowest BCUT2D eigenvalue weighted by molar-refractivity contribution is 0.0494. The maximum absolute atomic E-state index is 2.87. The van der Waals surface area contributed by atoms with Gasteiger partial charge >= 0.3 is 0 Å². The SMILES string of the molecule is C1CCC(N2CCC(C3CCN(C4CCCCC4)CC3)CC2)CC1. The Morgan fingerprint density at radius 2 is 0.708 bits per heavy atom. The summed E-state index contributed by atoms with van der Waals surface area (Å²) in [5.74, 6) is 2.11. The quantitative estimate of drug-likeness (QED) is 0.711. The van der Waals surface area contributed by atoms with Crippen LogP contribution in [0.5, 0.6) is 0 Å². The smallest absolute Gasteiger partial charge is 0.00952 e. The van der Waals surface area contributed by atoms with E-state index in [9.17, 15) is 0 Å². The molecule has 138 valence electrons. The minimum atomic E-state index is 0.952. The summed E-state index contributed by atoms with van der Waals surface area (Å²) in [5, 5.41) is 0. The molecule has 4 fully saturated rings. The van der Waals surface area contributed by atoms with Crippen LogP contribution in [-0.4, -0.2) is 48.1 Å². The Balaban J connectivity index is 1.19. The number of nitrogens with zero attached hydrogens (tertiary/aromatic N) is 2. The van der Waals surface area contributed by atoms with Crippen LogP contribution in [0.4, 0.5) is 0 Å². The molecule has 0 atom stereocenters. The maximum Gasteiger partial charge on any atom is 0.00952 e. The average molecular weight is 333 g/mol. The topological polar surface area (TPSA) is 6.48 Å². The molecule has 0 unspecified atom stereocenters. The van der Waals surface area contributed by atoms with Crippen molar-refractivity contribution in [1.82, 2.24) is 9.80 Å². The zero-order chi connectivity index (χ0) is 16.2. The fourth-order valence-electron chi connectivity index (χ4n) is 6.40. The second kappa shape index (κ2) is 8.54. The van der Waals surface area contributed by atoms with E-state index in [-0.39, 0.29) is 0 Å². The van der Waals surface area contributed by atoms with E-state index in [1.807, 2.05) is 0 Å². The van der Waals surface area contributed by atoms with Crippen molar-refractivity contribution in [3.63, 3.8) is 0 Å². The minimum absolute atomic E-state index is 0.952. The molecule has 0 bridgehead atoms. The molecule has 4 rings (SSSR count). The molecule has 2 saturated heterocycles. The number of likely N-dealkylation sites (tertiary alicyclic amines) is 2. The number of rotatable bonds is 3. The Kier molecular flexibility index (Phi) is 6.17. The van der Waals surface area contributed by atoms with E-state index in [0.29, 0.717) is 0 Å². The van der Waals surface area contributed by atoms with E-state index in [2.05, 4.69) is 9.80 Å². The Morgan fingerprint density at radius 1 is 0.375 bits per heavy atom. The first-order chi connectivity index (χ1) is 11.9. The normalized spacial score (nSPS) is 31.5. The van der Waals surface area contributed by atoms with E-state index in [1.165, 1.54) is 116 Å². The number of piperidine rings is 2. The van der Waals surface area contributed by atoms with Gasteiger partial charge in [0.1, 0.15) is 0 Å². The molecule has 0 N–H and O–H groups in total. The fraction of sp³-hybridized carbons (Fsp3) is 1.00. The Hall–Kier alpha value is -0.0800. The third-order valence-electron chi connectivity index (χ3n) is 8.00. The standard InChI is InChI=1S/C22H40N2/c1-3-7-21(8-4-1)23-15-11-19(12-16-23)20-13-17-24(18-14-20)22-9-5-2-6-10-22/h19-22H,1-18H2. The second-order valence-corrected chi connectivity index (χ2v) is 9.33. The molecule has 2 heterocycles. The fourth-order valence-corrected chi connectivity index (χ4v) is 6.40. The Bertz CT molecular complexity index is 318. The highest BCUT2D eigenvalue weighted by molar-refractivity contribution is 4.87. The van der Waals surface area contributed by atoms with Crippen molar-refractivity contribution in [1.29, 1.82) is 0 Å². The predicted molar refractivity (Wildman–Crippen MR) is 102 cm³/mol. The summed E-state index contributed by atoms with van der Waals surface area (Å²) in [7, 11) is 0. The molecule has 2 nitrogen and oxygen atoms in total. The molecular formula is C22H40N2. The summed E-state index contributed by atoms with van der Waals surface area (Å²) < 4.78 is 0. The third-order valence-corrected chi connectivity index (χ3v) is 8.00. The lowest BCUT2D eigenvalue weighted by atomic mass is 9.77. The summed E-state index contributed by atoms with van der Waals surface area (Å²) >= 11 is 0. The summed E-state index contributed by atoms with van der Waals surface area (Å²) in [5.41, 5.74) is 0. The number of hydrogen-bond acceptors (Lipinski definition) is 2. The highest BCUT2D eigenvalue weighted by Gasteiger charge is 2.33. The van der Waals surface area contributed by atoms with Crippen LogP contribution >= 0.6 is 0 Å². The number of hydrogen-bond donors (Lipinski definition) is 0. The summed E-state index contributed by atoms with van der Waals surface area (Å²) in [6.45, 7) is 5.66. The van der Waals surface area contributed by atoms with E-state index in [4.69, 9.17) is 0 Å². The van der Waals surface area contributed by atoms with Gasteiger partial charge in [0.2, 0.25) is 0 Å². The van der Waals surface area contributed by atoms with Gasteiger partial charge in [-0.15, -0.1) is 0 Å².